The Morgan fingerprint density at radius 2 is 2.42 bits per heavy atom. The van der Waals surface area contributed by atoms with E-state index in [9.17, 15) is 0 Å². The Balaban J connectivity index is 1.75. The van der Waals surface area contributed by atoms with Gasteiger partial charge >= 0.3 is 0 Å². The monoisotopic (exact) mass is 279 g/mol. The molecule has 0 aliphatic carbocycles. The lowest BCUT2D eigenvalue weighted by atomic mass is 10.0. The van der Waals surface area contributed by atoms with Gasteiger partial charge < -0.3 is 15.5 Å². The predicted octanol–water partition coefficient (Wildman–Crippen LogP) is 0.0107. The van der Waals surface area contributed by atoms with Gasteiger partial charge in [0.25, 0.3) is 0 Å². The van der Waals surface area contributed by atoms with Crippen LogP contribution in [-0.2, 0) is 0 Å². The molecule has 1 unspecified atom stereocenters. The number of nitrogens with zero attached hydrogens (tertiary/aromatic N) is 2. The third-order valence-electron chi connectivity index (χ3n) is 4.03. The summed E-state index contributed by atoms with van der Waals surface area (Å²) in [4.78, 5) is 2.38. The Bertz CT molecular complexity index is 468. The number of thioether (sulfide) groups is 1. The van der Waals surface area contributed by atoms with Gasteiger partial charge in [0.2, 0.25) is 0 Å². The summed E-state index contributed by atoms with van der Waals surface area (Å²) in [5.74, 6) is 6.79. The summed E-state index contributed by atoms with van der Waals surface area (Å²) in [6.07, 6.45) is 0. The van der Waals surface area contributed by atoms with Crippen LogP contribution in [0.15, 0.2) is 29.4 Å². The van der Waals surface area contributed by atoms with E-state index in [0.717, 1.165) is 25.5 Å². The van der Waals surface area contributed by atoms with Crippen LogP contribution in [0.4, 0.5) is 0 Å². The minimum atomic E-state index is 0.422. The van der Waals surface area contributed by atoms with Gasteiger partial charge in [-0.25, -0.2) is 5.84 Å². The number of likely N-dealkylation sites (N-methyl/N-ethyl adjacent to an activating group) is 1. The van der Waals surface area contributed by atoms with Crippen LogP contribution in [0.1, 0.15) is 6.92 Å². The van der Waals surface area contributed by atoms with E-state index in [4.69, 9.17) is 5.84 Å². The third kappa shape index (κ3) is 2.05. The molecule has 5 nitrogen and oxygen atoms in total. The van der Waals surface area contributed by atoms with E-state index in [-0.39, 0.29) is 0 Å². The zero-order valence-electron chi connectivity index (χ0n) is 11.4. The molecule has 4 N–H and O–H groups in total. The molecule has 3 atom stereocenters. The fourth-order valence-corrected chi connectivity index (χ4v) is 4.47. The van der Waals surface area contributed by atoms with Crippen molar-refractivity contribution in [2.45, 2.75) is 23.6 Å². The van der Waals surface area contributed by atoms with Crippen LogP contribution in [-0.4, -0.2) is 53.3 Å². The molecule has 104 valence electrons. The zero-order valence-corrected chi connectivity index (χ0v) is 12.3. The van der Waals surface area contributed by atoms with Gasteiger partial charge in [0.15, 0.2) is 5.82 Å². The first-order valence-corrected chi connectivity index (χ1v) is 7.57. The van der Waals surface area contributed by atoms with Crippen molar-refractivity contribution in [2.24, 2.45) is 5.84 Å². The molecular weight excluding hydrogens is 258 g/mol. The topological polar surface area (TPSA) is 56.6 Å². The van der Waals surface area contributed by atoms with Crippen LogP contribution in [0.3, 0.4) is 0 Å². The molecule has 0 aromatic carbocycles. The molecule has 0 aromatic rings. The van der Waals surface area contributed by atoms with E-state index in [1.54, 1.807) is 5.01 Å². The van der Waals surface area contributed by atoms with Crippen LogP contribution in [0.25, 0.3) is 0 Å². The quantitative estimate of drug-likeness (QED) is 0.489. The van der Waals surface area contributed by atoms with Crippen molar-refractivity contribution in [3.05, 3.63) is 29.4 Å². The van der Waals surface area contributed by atoms with E-state index in [2.05, 4.69) is 34.8 Å². The summed E-state index contributed by atoms with van der Waals surface area (Å²) < 4.78 is 0. The molecule has 0 aromatic heterocycles. The fraction of sp³-hybridized carbons (Fsp3) is 0.615. The van der Waals surface area contributed by atoms with Crippen molar-refractivity contribution in [3.63, 3.8) is 0 Å². The average Bonchev–Trinajstić information content (AvgIpc) is 2.95. The highest BCUT2D eigenvalue weighted by atomic mass is 32.2. The Labute approximate surface area is 118 Å². The van der Waals surface area contributed by atoms with Crippen molar-refractivity contribution >= 4 is 11.8 Å². The summed E-state index contributed by atoms with van der Waals surface area (Å²) in [6.45, 7) is 9.06. The lowest BCUT2D eigenvalue weighted by Crippen LogP contribution is -2.58. The Hall–Kier alpha value is -1.07. The highest BCUT2D eigenvalue weighted by Gasteiger charge is 2.48. The van der Waals surface area contributed by atoms with Gasteiger partial charge in [0.1, 0.15) is 0 Å². The fourth-order valence-electron chi connectivity index (χ4n) is 2.81. The molecule has 19 heavy (non-hydrogen) atoms. The molecular formula is C13H21N5S. The molecule has 3 saturated heterocycles. The van der Waals surface area contributed by atoms with Gasteiger partial charge in [-0.3, -0.25) is 5.01 Å². The molecule has 0 spiro atoms. The third-order valence-corrected chi connectivity index (χ3v) is 5.67. The molecule has 6 heteroatoms. The number of rotatable bonds is 2. The van der Waals surface area contributed by atoms with Gasteiger partial charge in [-0.2, -0.15) is 0 Å². The molecule has 0 bridgehead atoms. The second-order valence-electron chi connectivity index (χ2n) is 5.20. The van der Waals surface area contributed by atoms with Crippen LogP contribution >= 0.6 is 11.8 Å². The first-order chi connectivity index (χ1) is 9.11. The molecule has 0 radical (unpaired) electrons. The number of fused-ring (bicyclic) bond motifs is 1. The number of hydrogen-bond acceptors (Lipinski definition) is 6. The van der Waals surface area contributed by atoms with Gasteiger partial charge in [-0.15, -0.1) is 11.8 Å². The zero-order chi connectivity index (χ0) is 13.6. The van der Waals surface area contributed by atoms with Crippen LogP contribution in [0, 0.1) is 0 Å². The second kappa shape index (κ2) is 4.80. The number of nitrogens with two attached hydrogens (primary N) is 1. The maximum Gasteiger partial charge on any atom is 0.161 e. The van der Waals surface area contributed by atoms with E-state index < -0.39 is 0 Å². The molecule has 0 amide bonds. The number of nitrogens with one attached hydrogen (secondary N) is 2. The molecule has 3 heterocycles. The Morgan fingerprint density at radius 3 is 3.05 bits per heavy atom. The first-order valence-electron chi connectivity index (χ1n) is 6.63. The normalized spacial score (nSPS) is 32.9. The summed E-state index contributed by atoms with van der Waals surface area (Å²) in [6, 6.07) is 0.422. The van der Waals surface area contributed by atoms with Gasteiger partial charge in [0.05, 0.1) is 23.2 Å². The standard InChI is InChI=1S/C13H21N5S/c1-8(6-11-16-4-5-18(11)14)10-7-17-9(2)12(15-3)13(17)19-10/h10,12-13,15-16H,2,4-5,7,14H2,1,3H3/t6?,10-,12-,13?/m1/s1. The SMILES string of the molecule is C=C1[C@@H](NC)C2S[C@@H](C(C)=C=C3NCCN3N)CN12. The molecule has 3 aliphatic heterocycles. The predicted molar refractivity (Wildman–Crippen MR) is 79.0 cm³/mol. The highest BCUT2D eigenvalue weighted by Crippen LogP contribution is 2.46. The molecule has 3 aliphatic rings. The lowest BCUT2D eigenvalue weighted by molar-refractivity contribution is 0.200. The number of hydrazine groups is 1. The minimum Gasteiger partial charge on any atom is -0.362 e. The van der Waals surface area contributed by atoms with E-state index >= 15 is 0 Å². The Kier molecular flexibility index (Phi) is 3.27. The molecule has 3 rings (SSSR count). The van der Waals surface area contributed by atoms with Gasteiger partial charge in [-0.05, 0) is 19.5 Å². The summed E-state index contributed by atoms with van der Waals surface area (Å²) in [5.41, 5.74) is 5.87. The first kappa shape index (κ1) is 12.9. The minimum absolute atomic E-state index is 0.422. The maximum absolute atomic E-state index is 5.88. The van der Waals surface area contributed by atoms with E-state index in [1.165, 1.54) is 11.3 Å². The van der Waals surface area contributed by atoms with Gasteiger partial charge in [-0.1, -0.05) is 12.3 Å². The smallest absolute Gasteiger partial charge is 0.161 e. The average molecular weight is 279 g/mol. The van der Waals surface area contributed by atoms with Crippen molar-refractivity contribution in [2.75, 3.05) is 26.7 Å². The lowest BCUT2D eigenvalue weighted by Gasteiger charge is -2.46. The van der Waals surface area contributed by atoms with Crippen LogP contribution < -0.4 is 16.5 Å². The van der Waals surface area contributed by atoms with Crippen LogP contribution in [0.2, 0.25) is 0 Å². The van der Waals surface area contributed by atoms with E-state index in [0.29, 0.717) is 16.7 Å². The summed E-state index contributed by atoms with van der Waals surface area (Å²) in [5, 5.41) is 9.31. The van der Waals surface area contributed by atoms with Crippen molar-refractivity contribution in [1.29, 1.82) is 0 Å². The highest BCUT2D eigenvalue weighted by molar-refractivity contribution is 8.01. The van der Waals surface area contributed by atoms with Gasteiger partial charge in [0, 0.05) is 18.8 Å². The van der Waals surface area contributed by atoms with Crippen molar-refractivity contribution < 1.29 is 0 Å². The number of hydrogen-bond donors (Lipinski definition) is 3. The Morgan fingerprint density at radius 1 is 1.63 bits per heavy atom. The maximum atomic E-state index is 5.88. The molecule has 3 fully saturated rings. The van der Waals surface area contributed by atoms with Crippen LogP contribution in [0.5, 0.6) is 0 Å². The van der Waals surface area contributed by atoms with Crippen molar-refractivity contribution in [3.8, 4) is 0 Å². The van der Waals surface area contributed by atoms with E-state index in [1.807, 2.05) is 18.8 Å². The summed E-state index contributed by atoms with van der Waals surface area (Å²) >= 11 is 1.99. The largest absolute Gasteiger partial charge is 0.362 e. The van der Waals surface area contributed by atoms with Crippen molar-refractivity contribution in [1.82, 2.24) is 20.5 Å². The molecule has 0 saturated carbocycles. The second-order valence-corrected chi connectivity index (χ2v) is 6.53. The summed E-state index contributed by atoms with van der Waals surface area (Å²) in [7, 11) is 2.00.